The Balaban J connectivity index is 1.28. The summed E-state index contributed by atoms with van der Waals surface area (Å²) in [6, 6.07) is 17.9. The quantitative estimate of drug-likeness (QED) is 0.618. The smallest absolute Gasteiger partial charge is 0.275 e. The lowest BCUT2D eigenvalue weighted by atomic mass is 10.1. The number of aromatic nitrogens is 3. The van der Waals surface area contributed by atoms with Gasteiger partial charge in [-0.2, -0.15) is 0 Å². The van der Waals surface area contributed by atoms with Gasteiger partial charge >= 0.3 is 0 Å². The van der Waals surface area contributed by atoms with Gasteiger partial charge in [0.25, 0.3) is 5.91 Å². The topological polar surface area (TPSA) is 69.5 Å². The van der Waals surface area contributed by atoms with Gasteiger partial charge in [0.2, 0.25) is 0 Å². The Labute approximate surface area is 169 Å². The predicted molar refractivity (Wildman–Crippen MR) is 108 cm³/mol. The number of hydrogen-bond acceptors (Lipinski definition) is 5. The molecule has 0 aliphatic carbocycles. The lowest BCUT2D eigenvalue weighted by molar-refractivity contribution is 0.0517. The molecule has 0 bridgehead atoms. The predicted octanol–water partition coefficient (Wildman–Crippen LogP) is 2.82. The molecular weight excluding hydrogens is 368 g/mol. The molecule has 1 aliphatic rings. The number of fused-ring (bicyclic) bond motifs is 1. The minimum Gasteiger partial charge on any atom is -0.486 e. The van der Waals surface area contributed by atoms with Crippen molar-refractivity contribution < 1.29 is 14.3 Å². The van der Waals surface area contributed by atoms with E-state index in [-0.39, 0.29) is 12.0 Å². The molecule has 0 fully saturated rings. The van der Waals surface area contributed by atoms with Crippen LogP contribution in [0.4, 0.5) is 0 Å². The number of carbonyl (C=O) groups is 1. The number of amides is 1. The van der Waals surface area contributed by atoms with Crippen molar-refractivity contribution in [2.75, 3.05) is 20.2 Å². The summed E-state index contributed by atoms with van der Waals surface area (Å²) < 4.78 is 13.4. The second kappa shape index (κ2) is 8.77. The highest BCUT2D eigenvalue weighted by Gasteiger charge is 2.25. The molecule has 1 atom stereocenters. The number of hydrogen-bond donors (Lipinski definition) is 0. The number of rotatable bonds is 7. The summed E-state index contributed by atoms with van der Waals surface area (Å²) >= 11 is 0. The monoisotopic (exact) mass is 392 g/mol. The van der Waals surface area contributed by atoms with Crippen LogP contribution in [-0.2, 0) is 13.0 Å². The SMILES string of the molecule is CN(C[C@@H]1COc2ccccc2O1)C(=O)c1cn(CCCc2ccccc2)nn1. The number of benzene rings is 2. The Morgan fingerprint density at radius 2 is 1.90 bits per heavy atom. The molecule has 1 amide bonds. The lowest BCUT2D eigenvalue weighted by Gasteiger charge is -2.29. The Bertz CT molecular complexity index is 957. The summed E-state index contributed by atoms with van der Waals surface area (Å²) in [6.45, 7) is 1.53. The molecule has 4 rings (SSSR count). The molecule has 7 heteroatoms. The van der Waals surface area contributed by atoms with Crippen molar-refractivity contribution in [1.29, 1.82) is 0 Å². The molecule has 29 heavy (non-hydrogen) atoms. The van der Waals surface area contributed by atoms with Gasteiger partial charge in [0.1, 0.15) is 6.61 Å². The van der Waals surface area contributed by atoms with E-state index < -0.39 is 0 Å². The van der Waals surface area contributed by atoms with Crippen LogP contribution in [0.2, 0.25) is 0 Å². The van der Waals surface area contributed by atoms with Crippen LogP contribution in [0.5, 0.6) is 11.5 Å². The molecule has 1 aromatic heterocycles. The van der Waals surface area contributed by atoms with Gasteiger partial charge in [0.15, 0.2) is 23.3 Å². The summed E-state index contributed by atoms with van der Waals surface area (Å²) in [6.07, 6.45) is 3.38. The highest BCUT2D eigenvalue weighted by molar-refractivity contribution is 5.91. The molecule has 1 aliphatic heterocycles. The van der Waals surface area contributed by atoms with E-state index in [0.717, 1.165) is 25.1 Å². The molecule has 2 heterocycles. The molecule has 0 N–H and O–H groups in total. The van der Waals surface area contributed by atoms with Gasteiger partial charge in [-0.05, 0) is 30.5 Å². The minimum atomic E-state index is -0.222. The first-order valence-corrected chi connectivity index (χ1v) is 9.77. The van der Waals surface area contributed by atoms with E-state index in [4.69, 9.17) is 9.47 Å². The van der Waals surface area contributed by atoms with Crippen LogP contribution in [0.25, 0.3) is 0 Å². The maximum absolute atomic E-state index is 12.7. The van der Waals surface area contributed by atoms with Crippen molar-refractivity contribution in [2.45, 2.75) is 25.5 Å². The normalized spacial score (nSPS) is 15.1. The average molecular weight is 392 g/mol. The number of ether oxygens (including phenoxy) is 2. The standard InChI is InChI=1S/C22H24N4O3/c1-25(14-18-16-28-20-11-5-6-12-21(20)29-18)22(27)19-15-26(24-23-19)13-7-10-17-8-3-2-4-9-17/h2-6,8-9,11-12,15,18H,7,10,13-14,16H2,1H3/t18-/m1/s1. The molecule has 150 valence electrons. The largest absolute Gasteiger partial charge is 0.486 e. The van der Waals surface area contributed by atoms with Crippen LogP contribution in [0.3, 0.4) is 0 Å². The van der Waals surface area contributed by atoms with Gasteiger partial charge in [-0.15, -0.1) is 5.10 Å². The van der Waals surface area contributed by atoms with Crippen molar-refractivity contribution >= 4 is 5.91 Å². The zero-order chi connectivity index (χ0) is 20.1. The Morgan fingerprint density at radius 1 is 1.14 bits per heavy atom. The Kier molecular flexibility index (Phi) is 5.74. The van der Waals surface area contributed by atoms with Crippen LogP contribution in [0.1, 0.15) is 22.5 Å². The van der Waals surface area contributed by atoms with Crippen molar-refractivity contribution in [1.82, 2.24) is 19.9 Å². The van der Waals surface area contributed by atoms with Crippen molar-refractivity contribution in [3.05, 3.63) is 72.1 Å². The minimum absolute atomic E-state index is 0.179. The van der Waals surface area contributed by atoms with E-state index in [1.807, 2.05) is 42.5 Å². The first-order chi connectivity index (χ1) is 14.2. The second-order valence-corrected chi connectivity index (χ2v) is 7.14. The lowest BCUT2D eigenvalue weighted by Crippen LogP contribution is -2.41. The van der Waals surface area contributed by atoms with Gasteiger partial charge in [-0.1, -0.05) is 47.7 Å². The fraction of sp³-hybridized carbons (Fsp3) is 0.318. The molecule has 0 radical (unpaired) electrons. The van der Waals surface area contributed by atoms with Crippen LogP contribution in [-0.4, -0.2) is 52.1 Å². The van der Waals surface area contributed by atoms with E-state index >= 15 is 0 Å². The molecule has 7 nitrogen and oxygen atoms in total. The van der Waals surface area contributed by atoms with E-state index in [9.17, 15) is 4.79 Å². The van der Waals surface area contributed by atoms with Gasteiger partial charge in [-0.3, -0.25) is 9.48 Å². The summed E-state index contributed by atoms with van der Waals surface area (Å²) in [4.78, 5) is 14.3. The zero-order valence-corrected chi connectivity index (χ0v) is 16.4. The van der Waals surface area contributed by atoms with E-state index in [0.29, 0.717) is 24.6 Å². The third kappa shape index (κ3) is 4.74. The number of aryl methyl sites for hydroxylation is 2. The Morgan fingerprint density at radius 3 is 2.72 bits per heavy atom. The second-order valence-electron chi connectivity index (χ2n) is 7.14. The van der Waals surface area contributed by atoms with Crippen molar-refractivity contribution in [2.24, 2.45) is 0 Å². The fourth-order valence-corrected chi connectivity index (χ4v) is 3.33. The van der Waals surface area contributed by atoms with Crippen LogP contribution in [0.15, 0.2) is 60.8 Å². The van der Waals surface area contributed by atoms with Crippen LogP contribution >= 0.6 is 0 Å². The van der Waals surface area contributed by atoms with Gasteiger partial charge in [0.05, 0.1) is 12.7 Å². The van der Waals surface area contributed by atoms with Crippen molar-refractivity contribution in [3.63, 3.8) is 0 Å². The zero-order valence-electron chi connectivity index (χ0n) is 16.4. The van der Waals surface area contributed by atoms with Gasteiger partial charge < -0.3 is 14.4 Å². The molecule has 2 aromatic carbocycles. The van der Waals surface area contributed by atoms with Crippen LogP contribution in [0, 0.1) is 0 Å². The van der Waals surface area contributed by atoms with Gasteiger partial charge in [-0.25, -0.2) is 0 Å². The number of para-hydroxylation sites is 2. The van der Waals surface area contributed by atoms with E-state index in [1.54, 1.807) is 22.8 Å². The molecular formula is C22H24N4O3. The first kappa shape index (κ1) is 19.0. The summed E-state index contributed by atoms with van der Waals surface area (Å²) in [5, 5.41) is 8.13. The highest BCUT2D eigenvalue weighted by atomic mass is 16.6. The first-order valence-electron chi connectivity index (χ1n) is 9.77. The van der Waals surface area contributed by atoms with Crippen molar-refractivity contribution in [3.8, 4) is 11.5 Å². The molecule has 0 saturated heterocycles. The maximum atomic E-state index is 12.7. The maximum Gasteiger partial charge on any atom is 0.275 e. The summed E-state index contributed by atoms with van der Waals surface area (Å²) in [7, 11) is 1.74. The molecule has 3 aromatic rings. The van der Waals surface area contributed by atoms with Gasteiger partial charge in [0, 0.05) is 13.6 Å². The molecule has 0 saturated carbocycles. The Hall–Kier alpha value is -3.35. The fourth-order valence-electron chi connectivity index (χ4n) is 3.33. The average Bonchev–Trinajstić information content (AvgIpc) is 3.23. The van der Waals surface area contributed by atoms with Crippen LogP contribution < -0.4 is 9.47 Å². The third-order valence-electron chi connectivity index (χ3n) is 4.84. The summed E-state index contributed by atoms with van der Waals surface area (Å²) in [5.74, 6) is 1.26. The number of carbonyl (C=O) groups excluding carboxylic acids is 1. The summed E-state index contributed by atoms with van der Waals surface area (Å²) in [5.41, 5.74) is 1.63. The molecule has 0 unspecified atom stereocenters. The third-order valence-corrected chi connectivity index (χ3v) is 4.84. The molecule has 0 spiro atoms. The van der Waals surface area contributed by atoms with E-state index in [1.165, 1.54) is 5.56 Å². The van der Waals surface area contributed by atoms with E-state index in [2.05, 4.69) is 22.4 Å². The highest BCUT2D eigenvalue weighted by Crippen LogP contribution is 2.31. The number of nitrogens with zero attached hydrogens (tertiary/aromatic N) is 4. The number of likely N-dealkylation sites (N-methyl/N-ethyl adjacent to an activating group) is 1.